The average molecular weight is 278 g/mol. The summed E-state index contributed by atoms with van der Waals surface area (Å²) in [7, 11) is 0. The second-order valence-electron chi connectivity index (χ2n) is 6.06. The van der Waals surface area contributed by atoms with Crippen molar-refractivity contribution >= 4 is 11.8 Å². The SMILES string of the molecule is CC(C)(C)OC(=O)N1CC(OCc2ccc(N)cc2)C1. The number of amides is 1. The zero-order valence-corrected chi connectivity index (χ0v) is 12.3. The standard InChI is InChI=1S/C15H22N2O3/c1-15(2,3)20-14(18)17-8-13(9-17)19-10-11-4-6-12(16)7-5-11/h4-7,13H,8-10,16H2,1-3H3. The van der Waals surface area contributed by atoms with Crippen molar-refractivity contribution in [2.45, 2.75) is 39.1 Å². The quantitative estimate of drug-likeness (QED) is 0.862. The van der Waals surface area contributed by atoms with Crippen molar-refractivity contribution in [1.29, 1.82) is 0 Å². The maximum Gasteiger partial charge on any atom is 0.410 e. The molecule has 0 radical (unpaired) electrons. The average Bonchev–Trinajstić information content (AvgIpc) is 2.27. The van der Waals surface area contributed by atoms with E-state index in [-0.39, 0.29) is 12.2 Å². The van der Waals surface area contributed by atoms with E-state index in [1.54, 1.807) is 4.90 Å². The summed E-state index contributed by atoms with van der Waals surface area (Å²) >= 11 is 0. The minimum Gasteiger partial charge on any atom is -0.444 e. The van der Waals surface area contributed by atoms with Crippen LogP contribution in [0.15, 0.2) is 24.3 Å². The Morgan fingerprint density at radius 1 is 1.30 bits per heavy atom. The second-order valence-corrected chi connectivity index (χ2v) is 6.06. The summed E-state index contributed by atoms with van der Waals surface area (Å²) in [4.78, 5) is 13.4. The molecule has 2 N–H and O–H groups in total. The van der Waals surface area contributed by atoms with Gasteiger partial charge in [0.05, 0.1) is 25.8 Å². The molecule has 0 bridgehead atoms. The summed E-state index contributed by atoms with van der Waals surface area (Å²) in [6.07, 6.45) is -0.190. The highest BCUT2D eigenvalue weighted by atomic mass is 16.6. The van der Waals surface area contributed by atoms with E-state index in [1.165, 1.54) is 0 Å². The fourth-order valence-electron chi connectivity index (χ4n) is 1.85. The number of anilines is 1. The van der Waals surface area contributed by atoms with E-state index in [4.69, 9.17) is 15.2 Å². The van der Waals surface area contributed by atoms with Crippen LogP contribution in [0.1, 0.15) is 26.3 Å². The van der Waals surface area contributed by atoms with Gasteiger partial charge in [-0.25, -0.2) is 4.79 Å². The fraction of sp³-hybridized carbons (Fsp3) is 0.533. The third-order valence-corrected chi connectivity index (χ3v) is 2.97. The smallest absolute Gasteiger partial charge is 0.410 e. The third-order valence-electron chi connectivity index (χ3n) is 2.97. The molecule has 5 nitrogen and oxygen atoms in total. The van der Waals surface area contributed by atoms with E-state index in [9.17, 15) is 4.79 Å². The lowest BCUT2D eigenvalue weighted by Crippen LogP contribution is -2.55. The van der Waals surface area contributed by atoms with Gasteiger partial charge in [-0.1, -0.05) is 12.1 Å². The van der Waals surface area contributed by atoms with Gasteiger partial charge in [-0.2, -0.15) is 0 Å². The van der Waals surface area contributed by atoms with Crippen molar-refractivity contribution in [2.75, 3.05) is 18.8 Å². The number of hydrogen-bond acceptors (Lipinski definition) is 4. The number of ether oxygens (including phenoxy) is 2. The van der Waals surface area contributed by atoms with Gasteiger partial charge in [-0.05, 0) is 38.5 Å². The van der Waals surface area contributed by atoms with E-state index >= 15 is 0 Å². The fourth-order valence-corrected chi connectivity index (χ4v) is 1.85. The molecule has 0 saturated carbocycles. The van der Waals surface area contributed by atoms with Crippen molar-refractivity contribution in [3.05, 3.63) is 29.8 Å². The molecule has 1 heterocycles. The summed E-state index contributed by atoms with van der Waals surface area (Å²) in [6.45, 7) is 7.29. The highest BCUT2D eigenvalue weighted by Gasteiger charge is 2.34. The Labute approximate surface area is 119 Å². The molecule has 1 saturated heterocycles. The van der Waals surface area contributed by atoms with Crippen LogP contribution >= 0.6 is 0 Å². The van der Waals surface area contributed by atoms with E-state index in [0.29, 0.717) is 19.7 Å². The van der Waals surface area contributed by atoms with Gasteiger partial charge in [0.2, 0.25) is 0 Å². The number of nitrogen functional groups attached to an aromatic ring is 1. The maximum absolute atomic E-state index is 11.7. The summed E-state index contributed by atoms with van der Waals surface area (Å²) in [5, 5.41) is 0. The molecule has 1 aliphatic heterocycles. The Balaban J connectivity index is 1.69. The molecule has 0 aromatic heterocycles. The van der Waals surface area contributed by atoms with Crippen LogP contribution in [0.25, 0.3) is 0 Å². The highest BCUT2D eigenvalue weighted by molar-refractivity contribution is 5.69. The van der Waals surface area contributed by atoms with Crippen LogP contribution in [0.2, 0.25) is 0 Å². The first-order valence-electron chi connectivity index (χ1n) is 6.77. The number of carbonyl (C=O) groups is 1. The second kappa shape index (κ2) is 5.71. The van der Waals surface area contributed by atoms with Crippen molar-refractivity contribution in [3.8, 4) is 0 Å². The Morgan fingerprint density at radius 3 is 2.45 bits per heavy atom. The molecular weight excluding hydrogens is 256 g/mol. The van der Waals surface area contributed by atoms with Crippen LogP contribution < -0.4 is 5.73 Å². The van der Waals surface area contributed by atoms with Crippen LogP contribution in [0, 0.1) is 0 Å². The van der Waals surface area contributed by atoms with Gasteiger partial charge in [0.15, 0.2) is 0 Å². The largest absolute Gasteiger partial charge is 0.444 e. The van der Waals surface area contributed by atoms with Crippen molar-refractivity contribution in [1.82, 2.24) is 4.90 Å². The summed E-state index contributed by atoms with van der Waals surface area (Å²) in [5.74, 6) is 0. The molecular formula is C15H22N2O3. The number of carbonyl (C=O) groups excluding carboxylic acids is 1. The first-order chi connectivity index (χ1) is 9.33. The number of rotatable bonds is 3. The lowest BCUT2D eigenvalue weighted by atomic mass is 10.1. The van der Waals surface area contributed by atoms with Gasteiger partial charge in [0.1, 0.15) is 5.60 Å². The molecule has 1 amide bonds. The molecule has 5 heteroatoms. The first kappa shape index (κ1) is 14.7. The Hall–Kier alpha value is -1.75. The summed E-state index contributed by atoms with van der Waals surface area (Å²) in [5.41, 5.74) is 6.99. The molecule has 20 heavy (non-hydrogen) atoms. The van der Waals surface area contributed by atoms with Crippen LogP contribution in [-0.4, -0.2) is 35.8 Å². The van der Waals surface area contributed by atoms with Gasteiger partial charge >= 0.3 is 6.09 Å². The summed E-state index contributed by atoms with van der Waals surface area (Å²) in [6, 6.07) is 7.60. The first-order valence-corrected chi connectivity index (χ1v) is 6.77. The molecule has 1 aromatic carbocycles. The third kappa shape index (κ3) is 4.13. The number of benzene rings is 1. The number of nitrogens with zero attached hydrogens (tertiary/aromatic N) is 1. The van der Waals surface area contributed by atoms with Crippen LogP contribution in [-0.2, 0) is 16.1 Å². The van der Waals surface area contributed by atoms with E-state index < -0.39 is 5.60 Å². The summed E-state index contributed by atoms with van der Waals surface area (Å²) < 4.78 is 11.0. The Morgan fingerprint density at radius 2 is 1.90 bits per heavy atom. The monoisotopic (exact) mass is 278 g/mol. The maximum atomic E-state index is 11.7. The van der Waals surface area contributed by atoms with Gasteiger partial charge in [-0.3, -0.25) is 0 Å². The van der Waals surface area contributed by atoms with E-state index in [1.807, 2.05) is 45.0 Å². The van der Waals surface area contributed by atoms with Gasteiger partial charge < -0.3 is 20.1 Å². The lowest BCUT2D eigenvalue weighted by Gasteiger charge is -2.39. The molecule has 1 aliphatic rings. The Bertz CT molecular complexity index is 459. The zero-order valence-electron chi connectivity index (χ0n) is 12.3. The minimum atomic E-state index is -0.451. The van der Waals surface area contributed by atoms with E-state index in [0.717, 1.165) is 11.3 Å². The lowest BCUT2D eigenvalue weighted by molar-refractivity contribution is -0.0691. The van der Waals surface area contributed by atoms with Crippen LogP contribution in [0.5, 0.6) is 0 Å². The molecule has 1 aromatic rings. The van der Waals surface area contributed by atoms with Gasteiger partial charge in [0, 0.05) is 5.69 Å². The van der Waals surface area contributed by atoms with Crippen molar-refractivity contribution in [3.63, 3.8) is 0 Å². The van der Waals surface area contributed by atoms with Gasteiger partial charge in [-0.15, -0.1) is 0 Å². The number of nitrogens with two attached hydrogens (primary N) is 1. The highest BCUT2D eigenvalue weighted by Crippen LogP contribution is 2.18. The van der Waals surface area contributed by atoms with Gasteiger partial charge in [0.25, 0.3) is 0 Å². The van der Waals surface area contributed by atoms with E-state index in [2.05, 4.69) is 0 Å². The molecule has 0 spiro atoms. The molecule has 0 unspecified atom stereocenters. The predicted molar refractivity (Wildman–Crippen MR) is 77.2 cm³/mol. The molecule has 110 valence electrons. The Kier molecular flexibility index (Phi) is 4.18. The zero-order chi connectivity index (χ0) is 14.8. The molecule has 2 rings (SSSR count). The van der Waals surface area contributed by atoms with Crippen molar-refractivity contribution < 1.29 is 14.3 Å². The minimum absolute atomic E-state index is 0.0834. The molecule has 0 atom stereocenters. The van der Waals surface area contributed by atoms with Crippen molar-refractivity contribution in [2.24, 2.45) is 0 Å². The molecule has 1 fully saturated rings. The molecule has 0 aliphatic carbocycles. The number of hydrogen-bond donors (Lipinski definition) is 1. The topological polar surface area (TPSA) is 64.8 Å². The number of likely N-dealkylation sites (tertiary alicyclic amines) is 1. The normalized spacial score (nSPS) is 15.8. The predicted octanol–water partition coefficient (Wildman–Crippen LogP) is 2.40. The van der Waals surface area contributed by atoms with Crippen LogP contribution in [0.4, 0.5) is 10.5 Å². The van der Waals surface area contributed by atoms with Crippen LogP contribution in [0.3, 0.4) is 0 Å².